The maximum Gasteiger partial charge on any atom is 0.254 e. The van der Waals surface area contributed by atoms with E-state index in [1.165, 1.54) is 6.20 Å². The van der Waals surface area contributed by atoms with Crippen LogP contribution in [0.1, 0.15) is 21.9 Å². The predicted molar refractivity (Wildman–Crippen MR) is 54.0 cm³/mol. The first-order chi connectivity index (χ1) is 6.65. The Bertz CT molecular complexity index is 360. The Morgan fingerprint density at radius 2 is 2.36 bits per heavy atom. The SMILES string of the molecule is C=CCNC(=O)c1cnc(C)nc1C. The molecule has 1 N–H and O–H groups in total. The van der Waals surface area contributed by atoms with Gasteiger partial charge in [-0.05, 0) is 13.8 Å². The second-order valence-electron chi connectivity index (χ2n) is 2.92. The highest BCUT2D eigenvalue weighted by Crippen LogP contribution is 2.02. The summed E-state index contributed by atoms with van der Waals surface area (Å²) >= 11 is 0. The van der Waals surface area contributed by atoms with Crippen LogP contribution >= 0.6 is 0 Å². The summed E-state index contributed by atoms with van der Waals surface area (Å²) in [4.78, 5) is 19.6. The highest BCUT2D eigenvalue weighted by Gasteiger charge is 2.09. The molecule has 0 aromatic carbocycles. The van der Waals surface area contributed by atoms with E-state index in [2.05, 4.69) is 21.9 Å². The quantitative estimate of drug-likeness (QED) is 0.725. The van der Waals surface area contributed by atoms with Gasteiger partial charge in [-0.3, -0.25) is 4.79 Å². The molecule has 1 aromatic heterocycles. The highest BCUT2D eigenvalue weighted by atomic mass is 16.1. The topological polar surface area (TPSA) is 54.9 Å². The van der Waals surface area contributed by atoms with Gasteiger partial charge >= 0.3 is 0 Å². The molecule has 0 aliphatic heterocycles. The largest absolute Gasteiger partial charge is 0.348 e. The molecule has 1 rings (SSSR count). The molecule has 4 heteroatoms. The number of aryl methyl sites for hydroxylation is 2. The van der Waals surface area contributed by atoms with Crippen LogP contribution in [-0.4, -0.2) is 22.4 Å². The normalized spacial score (nSPS) is 9.57. The van der Waals surface area contributed by atoms with Crippen molar-refractivity contribution in [3.05, 3.63) is 35.9 Å². The fraction of sp³-hybridized carbons (Fsp3) is 0.300. The molecule has 1 amide bonds. The number of nitrogens with zero attached hydrogens (tertiary/aromatic N) is 2. The molecule has 4 nitrogen and oxygen atoms in total. The maximum atomic E-state index is 11.5. The lowest BCUT2D eigenvalue weighted by molar-refractivity contribution is 0.0956. The zero-order valence-corrected chi connectivity index (χ0v) is 8.37. The fourth-order valence-electron chi connectivity index (χ4n) is 1.07. The van der Waals surface area contributed by atoms with Gasteiger partial charge in [-0.15, -0.1) is 6.58 Å². The first-order valence-electron chi connectivity index (χ1n) is 4.34. The van der Waals surface area contributed by atoms with E-state index in [-0.39, 0.29) is 5.91 Å². The monoisotopic (exact) mass is 191 g/mol. The molecular weight excluding hydrogens is 178 g/mol. The minimum absolute atomic E-state index is 0.164. The average Bonchev–Trinajstić information content (AvgIpc) is 2.14. The van der Waals surface area contributed by atoms with E-state index in [4.69, 9.17) is 0 Å². The smallest absolute Gasteiger partial charge is 0.254 e. The molecule has 0 aliphatic carbocycles. The Balaban J connectivity index is 2.84. The van der Waals surface area contributed by atoms with Gasteiger partial charge in [0.25, 0.3) is 5.91 Å². The van der Waals surface area contributed by atoms with Crippen LogP contribution in [-0.2, 0) is 0 Å². The predicted octanol–water partition coefficient (Wildman–Crippen LogP) is 1.01. The van der Waals surface area contributed by atoms with Crippen LogP contribution in [0.3, 0.4) is 0 Å². The minimum atomic E-state index is -0.164. The summed E-state index contributed by atoms with van der Waals surface area (Å²) in [5.74, 6) is 0.505. The van der Waals surface area contributed by atoms with Crippen molar-refractivity contribution < 1.29 is 4.79 Å². The third-order valence-electron chi connectivity index (χ3n) is 1.75. The molecule has 0 saturated heterocycles. The van der Waals surface area contributed by atoms with E-state index in [0.717, 1.165) is 0 Å². The van der Waals surface area contributed by atoms with Gasteiger partial charge in [0.05, 0.1) is 11.3 Å². The van der Waals surface area contributed by atoms with Gasteiger partial charge in [0.1, 0.15) is 5.82 Å². The standard InChI is InChI=1S/C10H13N3O/c1-4-5-11-10(14)9-6-12-8(3)13-7(9)2/h4,6H,1,5H2,2-3H3,(H,11,14). The lowest BCUT2D eigenvalue weighted by Crippen LogP contribution is -2.24. The van der Waals surface area contributed by atoms with Crippen LogP contribution in [0.15, 0.2) is 18.9 Å². The number of amides is 1. The van der Waals surface area contributed by atoms with E-state index in [9.17, 15) is 4.79 Å². The van der Waals surface area contributed by atoms with E-state index >= 15 is 0 Å². The van der Waals surface area contributed by atoms with Crippen LogP contribution < -0.4 is 5.32 Å². The number of nitrogens with one attached hydrogen (secondary N) is 1. The number of hydrogen-bond donors (Lipinski definition) is 1. The molecule has 1 heterocycles. The minimum Gasteiger partial charge on any atom is -0.348 e. The van der Waals surface area contributed by atoms with Gasteiger partial charge in [-0.2, -0.15) is 0 Å². The molecule has 0 atom stereocenters. The van der Waals surface area contributed by atoms with E-state index < -0.39 is 0 Å². The molecule has 0 unspecified atom stereocenters. The Morgan fingerprint density at radius 1 is 1.64 bits per heavy atom. The number of carbonyl (C=O) groups is 1. The highest BCUT2D eigenvalue weighted by molar-refractivity contribution is 5.94. The van der Waals surface area contributed by atoms with Crippen molar-refractivity contribution in [3.8, 4) is 0 Å². The van der Waals surface area contributed by atoms with Gasteiger partial charge in [-0.25, -0.2) is 9.97 Å². The van der Waals surface area contributed by atoms with E-state index in [1.54, 1.807) is 19.9 Å². The second-order valence-corrected chi connectivity index (χ2v) is 2.92. The van der Waals surface area contributed by atoms with Crippen molar-refractivity contribution in [2.45, 2.75) is 13.8 Å². The molecule has 0 aliphatic rings. The number of hydrogen-bond acceptors (Lipinski definition) is 3. The van der Waals surface area contributed by atoms with Gasteiger partial charge in [0, 0.05) is 12.7 Å². The Hall–Kier alpha value is -1.71. The van der Waals surface area contributed by atoms with Crippen molar-refractivity contribution in [1.29, 1.82) is 0 Å². The van der Waals surface area contributed by atoms with Crippen molar-refractivity contribution in [3.63, 3.8) is 0 Å². The molecule has 0 bridgehead atoms. The average molecular weight is 191 g/mol. The molecule has 0 saturated carbocycles. The first kappa shape index (κ1) is 10.4. The number of carbonyl (C=O) groups excluding carboxylic acids is 1. The van der Waals surface area contributed by atoms with Crippen LogP contribution in [0.5, 0.6) is 0 Å². The van der Waals surface area contributed by atoms with Crippen LogP contribution in [0.25, 0.3) is 0 Å². The van der Waals surface area contributed by atoms with E-state index in [1.807, 2.05) is 0 Å². The molecule has 1 aromatic rings. The van der Waals surface area contributed by atoms with Crippen molar-refractivity contribution in [2.24, 2.45) is 0 Å². The zero-order valence-electron chi connectivity index (χ0n) is 8.37. The summed E-state index contributed by atoms with van der Waals surface area (Å²) in [7, 11) is 0. The Kier molecular flexibility index (Phi) is 3.34. The number of rotatable bonds is 3. The summed E-state index contributed by atoms with van der Waals surface area (Å²) in [6.07, 6.45) is 3.17. The molecule has 0 spiro atoms. The zero-order chi connectivity index (χ0) is 10.6. The third kappa shape index (κ3) is 2.39. The van der Waals surface area contributed by atoms with Crippen LogP contribution in [0.4, 0.5) is 0 Å². The lowest BCUT2D eigenvalue weighted by Gasteiger charge is -2.04. The van der Waals surface area contributed by atoms with Crippen LogP contribution in [0, 0.1) is 13.8 Å². The summed E-state index contributed by atoms with van der Waals surface area (Å²) in [6, 6.07) is 0. The third-order valence-corrected chi connectivity index (χ3v) is 1.75. The maximum absolute atomic E-state index is 11.5. The summed E-state index contributed by atoms with van der Waals surface area (Å²) in [6.45, 7) is 7.55. The van der Waals surface area contributed by atoms with Crippen LogP contribution in [0.2, 0.25) is 0 Å². The fourth-order valence-corrected chi connectivity index (χ4v) is 1.07. The van der Waals surface area contributed by atoms with Crippen molar-refractivity contribution in [1.82, 2.24) is 15.3 Å². The second kappa shape index (κ2) is 4.50. The molecule has 0 radical (unpaired) electrons. The van der Waals surface area contributed by atoms with Gasteiger partial charge in [-0.1, -0.05) is 6.08 Å². The Labute approximate surface area is 83.1 Å². The molecule has 74 valence electrons. The van der Waals surface area contributed by atoms with Gasteiger partial charge < -0.3 is 5.32 Å². The van der Waals surface area contributed by atoms with E-state index in [0.29, 0.717) is 23.6 Å². The summed E-state index contributed by atoms with van der Waals surface area (Å²) < 4.78 is 0. The number of aromatic nitrogens is 2. The van der Waals surface area contributed by atoms with Gasteiger partial charge in [0.2, 0.25) is 0 Å². The first-order valence-corrected chi connectivity index (χ1v) is 4.34. The van der Waals surface area contributed by atoms with Gasteiger partial charge in [0.15, 0.2) is 0 Å². The molecule has 14 heavy (non-hydrogen) atoms. The summed E-state index contributed by atoms with van der Waals surface area (Å²) in [5, 5.41) is 2.67. The molecule has 0 fully saturated rings. The van der Waals surface area contributed by atoms with Crippen molar-refractivity contribution in [2.75, 3.05) is 6.54 Å². The Morgan fingerprint density at radius 3 is 2.93 bits per heavy atom. The summed E-state index contributed by atoms with van der Waals surface area (Å²) in [5.41, 5.74) is 1.21. The molecular formula is C10H13N3O. The lowest BCUT2D eigenvalue weighted by atomic mass is 10.2. The van der Waals surface area contributed by atoms with Crippen molar-refractivity contribution >= 4 is 5.91 Å².